The molecule has 19 heavy (non-hydrogen) atoms. The zero-order valence-electron chi connectivity index (χ0n) is 10.0. The highest BCUT2D eigenvalue weighted by atomic mass is 16.5. The van der Waals surface area contributed by atoms with E-state index in [9.17, 15) is 4.79 Å². The fraction of sp³-hybridized carbons (Fsp3) is 0.154. The number of rotatable bonds is 1. The van der Waals surface area contributed by atoms with Gasteiger partial charge in [-0.3, -0.25) is 4.79 Å². The van der Waals surface area contributed by atoms with Gasteiger partial charge in [0.25, 0.3) is 5.91 Å². The lowest BCUT2D eigenvalue weighted by atomic mass is 10.1. The first kappa shape index (κ1) is 11.3. The summed E-state index contributed by atoms with van der Waals surface area (Å²) in [5.74, 6) is 0.878. The first-order chi connectivity index (χ1) is 9.17. The zero-order valence-corrected chi connectivity index (χ0v) is 10.0. The van der Waals surface area contributed by atoms with Crippen molar-refractivity contribution in [1.29, 1.82) is 5.26 Å². The van der Waals surface area contributed by atoms with E-state index in [1.165, 1.54) is 6.07 Å². The first-order valence-corrected chi connectivity index (χ1v) is 5.66. The second-order valence-electron chi connectivity index (χ2n) is 4.15. The van der Waals surface area contributed by atoms with E-state index < -0.39 is 6.10 Å². The smallest absolute Gasteiger partial charge is 0.265 e. The largest absolute Gasteiger partial charge is 0.479 e. The van der Waals surface area contributed by atoms with Crippen LogP contribution in [0.4, 0.5) is 5.69 Å². The van der Waals surface area contributed by atoms with Crippen molar-refractivity contribution in [3.05, 3.63) is 30.0 Å². The van der Waals surface area contributed by atoms with Crippen LogP contribution in [-0.4, -0.2) is 17.2 Å². The van der Waals surface area contributed by atoms with Crippen molar-refractivity contribution in [2.45, 2.75) is 13.0 Å². The molecular weight excluding hydrogens is 246 g/mol. The summed E-state index contributed by atoms with van der Waals surface area (Å²) >= 11 is 0. The summed E-state index contributed by atoms with van der Waals surface area (Å²) in [5.41, 5.74) is 1.50. The van der Waals surface area contributed by atoms with Gasteiger partial charge in [0.2, 0.25) is 0 Å². The van der Waals surface area contributed by atoms with E-state index in [4.69, 9.17) is 14.5 Å². The Balaban J connectivity index is 2.00. The molecule has 2 heterocycles. The molecule has 1 aliphatic rings. The van der Waals surface area contributed by atoms with Gasteiger partial charge in [-0.1, -0.05) is 5.16 Å². The second kappa shape index (κ2) is 4.14. The van der Waals surface area contributed by atoms with Crippen LogP contribution < -0.4 is 10.1 Å². The number of benzene rings is 1. The third-order valence-corrected chi connectivity index (χ3v) is 2.82. The fourth-order valence-electron chi connectivity index (χ4n) is 1.83. The molecule has 0 saturated heterocycles. The maximum atomic E-state index is 11.5. The Morgan fingerprint density at radius 2 is 2.26 bits per heavy atom. The molecule has 1 aromatic heterocycles. The van der Waals surface area contributed by atoms with Gasteiger partial charge >= 0.3 is 0 Å². The van der Waals surface area contributed by atoms with Gasteiger partial charge in [-0.25, -0.2) is 0 Å². The maximum absolute atomic E-state index is 11.5. The number of nitriles is 1. The number of carbonyl (C=O) groups is 1. The number of amides is 1. The molecule has 3 rings (SSSR count). The van der Waals surface area contributed by atoms with Crippen molar-refractivity contribution in [3.63, 3.8) is 0 Å². The number of carbonyl (C=O) groups excluding carboxylic acids is 1. The van der Waals surface area contributed by atoms with Crippen molar-refractivity contribution in [1.82, 2.24) is 5.16 Å². The second-order valence-corrected chi connectivity index (χ2v) is 4.15. The van der Waals surface area contributed by atoms with Crippen LogP contribution in [0, 0.1) is 11.3 Å². The van der Waals surface area contributed by atoms with Crippen molar-refractivity contribution >= 4 is 11.6 Å². The number of nitrogens with one attached hydrogen (secondary N) is 1. The average molecular weight is 255 g/mol. The van der Waals surface area contributed by atoms with Gasteiger partial charge in [-0.2, -0.15) is 5.26 Å². The molecule has 0 fully saturated rings. The lowest BCUT2D eigenvalue weighted by molar-refractivity contribution is -0.122. The predicted octanol–water partition coefficient (Wildman–Crippen LogP) is 1.93. The van der Waals surface area contributed by atoms with E-state index in [0.717, 1.165) is 0 Å². The number of hydrogen-bond acceptors (Lipinski definition) is 5. The number of fused-ring (bicyclic) bond motifs is 1. The Morgan fingerprint density at radius 3 is 3.00 bits per heavy atom. The van der Waals surface area contributed by atoms with Crippen LogP contribution in [0.1, 0.15) is 12.6 Å². The lowest BCUT2D eigenvalue weighted by Gasteiger charge is -2.23. The summed E-state index contributed by atoms with van der Waals surface area (Å²) in [6, 6.07) is 8.68. The number of aromatic nitrogens is 1. The Kier molecular flexibility index (Phi) is 2.46. The molecule has 1 unspecified atom stereocenters. The number of anilines is 1. The lowest BCUT2D eigenvalue weighted by Crippen LogP contribution is -2.34. The summed E-state index contributed by atoms with van der Waals surface area (Å²) in [6.45, 7) is 1.68. The van der Waals surface area contributed by atoms with Gasteiger partial charge in [0.1, 0.15) is 11.8 Å². The molecule has 1 aliphatic heterocycles. The molecule has 6 heteroatoms. The average Bonchev–Trinajstić information content (AvgIpc) is 2.88. The van der Waals surface area contributed by atoms with E-state index in [1.807, 2.05) is 6.07 Å². The van der Waals surface area contributed by atoms with E-state index in [1.54, 1.807) is 25.1 Å². The quantitative estimate of drug-likeness (QED) is 0.841. The minimum absolute atomic E-state index is 0.195. The van der Waals surface area contributed by atoms with Crippen LogP contribution in [0.3, 0.4) is 0 Å². The topological polar surface area (TPSA) is 88.2 Å². The summed E-state index contributed by atoms with van der Waals surface area (Å²) < 4.78 is 10.5. The molecule has 0 radical (unpaired) electrons. The molecule has 0 bridgehead atoms. The number of nitrogens with zero attached hydrogens (tertiary/aromatic N) is 2. The van der Waals surface area contributed by atoms with Gasteiger partial charge < -0.3 is 14.6 Å². The molecule has 0 saturated carbocycles. The summed E-state index contributed by atoms with van der Waals surface area (Å²) in [7, 11) is 0. The number of hydrogen-bond donors (Lipinski definition) is 1. The van der Waals surface area contributed by atoms with Gasteiger partial charge in [0.05, 0.1) is 5.69 Å². The highest BCUT2D eigenvalue weighted by molar-refractivity contribution is 5.98. The molecular formula is C13H9N3O3. The SMILES string of the molecule is CC1Oc2ccc(-c3cc(C#N)no3)cc2NC1=O. The van der Waals surface area contributed by atoms with Crippen LogP contribution in [0.25, 0.3) is 11.3 Å². The minimum atomic E-state index is -0.506. The third-order valence-electron chi connectivity index (χ3n) is 2.82. The molecule has 1 N–H and O–H groups in total. The highest BCUT2D eigenvalue weighted by Gasteiger charge is 2.24. The standard InChI is InChI=1S/C13H9N3O3/c1-7-13(17)15-10-4-8(2-3-11(10)18-7)12-5-9(6-14)16-19-12/h2-5,7H,1H3,(H,15,17). The van der Waals surface area contributed by atoms with E-state index >= 15 is 0 Å². The molecule has 1 atom stereocenters. The third kappa shape index (κ3) is 1.91. The molecule has 1 aromatic carbocycles. The molecule has 94 valence electrons. The van der Waals surface area contributed by atoms with Gasteiger partial charge in [0, 0.05) is 11.6 Å². The molecule has 1 amide bonds. The van der Waals surface area contributed by atoms with Crippen molar-refractivity contribution in [2.75, 3.05) is 5.32 Å². The summed E-state index contributed by atoms with van der Waals surface area (Å²) in [6.07, 6.45) is -0.506. The van der Waals surface area contributed by atoms with Crippen molar-refractivity contribution in [3.8, 4) is 23.1 Å². The number of ether oxygens (including phenoxy) is 1. The minimum Gasteiger partial charge on any atom is -0.479 e. The van der Waals surface area contributed by atoms with E-state index in [2.05, 4.69) is 10.5 Å². The molecule has 0 aliphatic carbocycles. The normalized spacial score (nSPS) is 17.1. The Bertz CT molecular complexity index is 699. The summed E-state index contributed by atoms with van der Waals surface area (Å²) in [4.78, 5) is 11.5. The molecule has 6 nitrogen and oxygen atoms in total. The van der Waals surface area contributed by atoms with Crippen LogP contribution in [0.15, 0.2) is 28.8 Å². The fourth-order valence-corrected chi connectivity index (χ4v) is 1.83. The summed E-state index contributed by atoms with van der Waals surface area (Å²) in [5, 5.41) is 15.0. The Labute approximate surface area is 108 Å². The van der Waals surface area contributed by atoms with Gasteiger partial charge in [0.15, 0.2) is 17.6 Å². The van der Waals surface area contributed by atoms with Crippen molar-refractivity contribution in [2.24, 2.45) is 0 Å². The Hall–Kier alpha value is -2.81. The van der Waals surface area contributed by atoms with Crippen LogP contribution in [-0.2, 0) is 4.79 Å². The maximum Gasteiger partial charge on any atom is 0.265 e. The molecule has 2 aromatic rings. The predicted molar refractivity (Wildman–Crippen MR) is 65.4 cm³/mol. The monoisotopic (exact) mass is 255 g/mol. The van der Waals surface area contributed by atoms with Gasteiger partial charge in [-0.05, 0) is 25.1 Å². The zero-order chi connectivity index (χ0) is 13.4. The van der Waals surface area contributed by atoms with E-state index in [-0.39, 0.29) is 11.6 Å². The van der Waals surface area contributed by atoms with Crippen molar-refractivity contribution < 1.29 is 14.1 Å². The highest BCUT2D eigenvalue weighted by Crippen LogP contribution is 2.34. The van der Waals surface area contributed by atoms with Gasteiger partial charge in [-0.15, -0.1) is 0 Å². The molecule has 0 spiro atoms. The Morgan fingerprint density at radius 1 is 1.42 bits per heavy atom. The van der Waals surface area contributed by atoms with Crippen LogP contribution in [0.5, 0.6) is 5.75 Å². The van der Waals surface area contributed by atoms with Crippen LogP contribution >= 0.6 is 0 Å². The van der Waals surface area contributed by atoms with E-state index in [0.29, 0.717) is 22.8 Å². The first-order valence-electron chi connectivity index (χ1n) is 5.66. The van der Waals surface area contributed by atoms with Crippen LogP contribution in [0.2, 0.25) is 0 Å².